The molecule has 2 fully saturated rings. The fraction of sp³-hybridized carbons (Fsp3) is 0.909. The van der Waals surface area contributed by atoms with Crippen molar-refractivity contribution in [3.63, 3.8) is 0 Å². The summed E-state index contributed by atoms with van der Waals surface area (Å²) in [6, 6.07) is 1.08. The Morgan fingerprint density at radius 2 is 2.07 bits per heavy atom. The van der Waals surface area contributed by atoms with Gasteiger partial charge in [-0.05, 0) is 33.2 Å². The molecular formula is C11H19BrN2O. The number of amides is 1. The second-order valence-electron chi connectivity index (χ2n) is 4.80. The van der Waals surface area contributed by atoms with Crippen molar-refractivity contribution in [3.8, 4) is 0 Å². The second kappa shape index (κ2) is 4.42. The number of piperidine rings is 1. The first-order valence-electron chi connectivity index (χ1n) is 5.74. The van der Waals surface area contributed by atoms with E-state index in [1.165, 1.54) is 0 Å². The summed E-state index contributed by atoms with van der Waals surface area (Å²) in [6.07, 6.45) is 3.23. The predicted octanol–water partition coefficient (Wildman–Crippen LogP) is 1.46. The molecule has 2 heterocycles. The van der Waals surface area contributed by atoms with Crippen molar-refractivity contribution in [1.29, 1.82) is 0 Å². The van der Waals surface area contributed by atoms with Gasteiger partial charge in [-0.3, -0.25) is 4.79 Å². The molecular weight excluding hydrogens is 256 g/mol. The van der Waals surface area contributed by atoms with E-state index >= 15 is 0 Å². The molecule has 86 valence electrons. The lowest BCUT2D eigenvalue weighted by Crippen LogP contribution is -2.48. The molecule has 15 heavy (non-hydrogen) atoms. The number of alkyl halides is 1. The lowest BCUT2D eigenvalue weighted by atomic mass is 9.98. The number of carbonyl (C=O) groups is 1. The Bertz CT molecular complexity index is 259. The zero-order chi connectivity index (χ0) is 11.0. The van der Waals surface area contributed by atoms with E-state index in [0.717, 1.165) is 32.4 Å². The molecule has 2 aliphatic rings. The van der Waals surface area contributed by atoms with Crippen molar-refractivity contribution >= 4 is 21.8 Å². The average Bonchev–Trinajstić information content (AvgIpc) is 2.53. The Morgan fingerprint density at radius 1 is 1.33 bits per heavy atom. The lowest BCUT2D eigenvalue weighted by Gasteiger charge is -2.39. The van der Waals surface area contributed by atoms with Crippen LogP contribution < -0.4 is 0 Å². The quantitative estimate of drug-likeness (QED) is 0.676. The van der Waals surface area contributed by atoms with E-state index in [0.29, 0.717) is 18.0 Å². The first-order chi connectivity index (χ1) is 7.09. The normalized spacial score (nSPS) is 38.7. The van der Waals surface area contributed by atoms with Gasteiger partial charge in [-0.15, -0.1) is 0 Å². The molecule has 2 aliphatic heterocycles. The van der Waals surface area contributed by atoms with Crippen LogP contribution in [-0.4, -0.2) is 52.8 Å². The summed E-state index contributed by atoms with van der Waals surface area (Å²) in [6.45, 7) is 4.30. The van der Waals surface area contributed by atoms with Gasteiger partial charge in [0.25, 0.3) is 0 Å². The lowest BCUT2D eigenvalue weighted by molar-refractivity contribution is -0.130. The summed E-state index contributed by atoms with van der Waals surface area (Å²) in [4.78, 5) is 16.4. The Labute approximate surface area is 99.9 Å². The molecule has 0 aliphatic carbocycles. The molecule has 0 aromatic rings. The number of halogens is 1. The molecule has 0 radical (unpaired) electrons. The topological polar surface area (TPSA) is 23.6 Å². The van der Waals surface area contributed by atoms with E-state index < -0.39 is 0 Å². The van der Waals surface area contributed by atoms with E-state index in [-0.39, 0.29) is 4.83 Å². The highest BCUT2D eigenvalue weighted by Crippen LogP contribution is 2.27. The summed E-state index contributed by atoms with van der Waals surface area (Å²) in [5, 5.41) is 0. The second-order valence-corrected chi connectivity index (χ2v) is 5.90. The molecule has 0 N–H and O–H groups in total. The molecule has 3 unspecified atom stereocenters. The first kappa shape index (κ1) is 11.4. The monoisotopic (exact) mass is 274 g/mol. The Balaban J connectivity index is 1.97. The van der Waals surface area contributed by atoms with Gasteiger partial charge >= 0.3 is 0 Å². The molecule has 0 aromatic heterocycles. The first-order valence-corrected chi connectivity index (χ1v) is 6.66. The number of likely N-dealkylation sites (tertiary alicyclic amines) is 2. The minimum Gasteiger partial charge on any atom is -0.339 e. The van der Waals surface area contributed by atoms with E-state index in [1.807, 2.05) is 0 Å². The van der Waals surface area contributed by atoms with Gasteiger partial charge in [-0.2, -0.15) is 0 Å². The zero-order valence-electron chi connectivity index (χ0n) is 9.45. The van der Waals surface area contributed by atoms with Crippen LogP contribution in [-0.2, 0) is 4.79 Å². The van der Waals surface area contributed by atoms with Crippen molar-refractivity contribution in [3.05, 3.63) is 0 Å². The number of carbonyl (C=O) groups excluding carboxylic acids is 1. The van der Waals surface area contributed by atoms with Crippen LogP contribution in [0.5, 0.6) is 0 Å². The number of nitrogens with zero attached hydrogens (tertiary/aromatic N) is 2. The van der Waals surface area contributed by atoms with Crippen molar-refractivity contribution < 1.29 is 4.79 Å². The van der Waals surface area contributed by atoms with Crippen molar-refractivity contribution in [1.82, 2.24) is 9.80 Å². The standard InChI is InChI=1S/C11H19BrN2O/c1-8-7-9(3-5-13(8)2)14-6-4-10(12)11(14)15/h8-10H,3-7H2,1-2H3. The van der Waals surface area contributed by atoms with Crippen LogP contribution in [0.25, 0.3) is 0 Å². The van der Waals surface area contributed by atoms with Gasteiger partial charge in [0, 0.05) is 25.2 Å². The Hall–Kier alpha value is -0.0900. The average molecular weight is 275 g/mol. The third-order valence-electron chi connectivity index (χ3n) is 3.80. The summed E-state index contributed by atoms with van der Waals surface area (Å²) in [7, 11) is 2.17. The van der Waals surface area contributed by atoms with Crippen LogP contribution in [0.15, 0.2) is 0 Å². The van der Waals surface area contributed by atoms with Crippen LogP contribution in [0.1, 0.15) is 26.2 Å². The van der Waals surface area contributed by atoms with Gasteiger partial charge in [-0.25, -0.2) is 0 Å². The zero-order valence-corrected chi connectivity index (χ0v) is 11.0. The van der Waals surface area contributed by atoms with Gasteiger partial charge in [-0.1, -0.05) is 15.9 Å². The van der Waals surface area contributed by atoms with Crippen LogP contribution >= 0.6 is 15.9 Å². The van der Waals surface area contributed by atoms with Gasteiger partial charge in [0.1, 0.15) is 0 Å². The van der Waals surface area contributed by atoms with Crippen molar-refractivity contribution in [2.75, 3.05) is 20.1 Å². The minimum absolute atomic E-state index is 0.0764. The Kier molecular flexibility index (Phi) is 3.36. The maximum absolute atomic E-state index is 11.9. The highest BCUT2D eigenvalue weighted by atomic mass is 79.9. The van der Waals surface area contributed by atoms with Crippen LogP contribution in [0.3, 0.4) is 0 Å². The van der Waals surface area contributed by atoms with E-state index in [2.05, 4.69) is 39.7 Å². The fourth-order valence-corrected chi connectivity index (χ4v) is 3.04. The summed E-state index contributed by atoms with van der Waals surface area (Å²) >= 11 is 3.44. The molecule has 1 amide bonds. The van der Waals surface area contributed by atoms with Crippen LogP contribution in [0.4, 0.5) is 0 Å². The predicted molar refractivity (Wildman–Crippen MR) is 64.2 cm³/mol. The molecule has 0 spiro atoms. The maximum Gasteiger partial charge on any atom is 0.236 e. The van der Waals surface area contributed by atoms with Gasteiger partial charge in [0.05, 0.1) is 4.83 Å². The fourth-order valence-electron chi connectivity index (χ4n) is 2.58. The molecule has 2 rings (SSSR count). The van der Waals surface area contributed by atoms with Gasteiger partial charge in [0.15, 0.2) is 0 Å². The van der Waals surface area contributed by atoms with Gasteiger partial charge < -0.3 is 9.80 Å². The number of rotatable bonds is 1. The van der Waals surface area contributed by atoms with Crippen LogP contribution in [0, 0.1) is 0 Å². The van der Waals surface area contributed by atoms with Crippen molar-refractivity contribution in [2.45, 2.75) is 43.1 Å². The summed E-state index contributed by atoms with van der Waals surface area (Å²) in [5.41, 5.74) is 0. The largest absolute Gasteiger partial charge is 0.339 e. The molecule has 3 atom stereocenters. The minimum atomic E-state index is 0.0764. The summed E-state index contributed by atoms with van der Waals surface area (Å²) < 4.78 is 0. The SMILES string of the molecule is CC1CC(N2CCC(Br)C2=O)CCN1C. The highest BCUT2D eigenvalue weighted by molar-refractivity contribution is 9.10. The molecule has 0 aromatic carbocycles. The van der Waals surface area contributed by atoms with E-state index in [1.54, 1.807) is 0 Å². The van der Waals surface area contributed by atoms with Gasteiger partial charge in [0.2, 0.25) is 5.91 Å². The molecule has 0 bridgehead atoms. The van der Waals surface area contributed by atoms with Crippen LogP contribution in [0.2, 0.25) is 0 Å². The molecule has 4 heteroatoms. The van der Waals surface area contributed by atoms with E-state index in [4.69, 9.17) is 0 Å². The molecule has 0 saturated carbocycles. The number of hydrogen-bond donors (Lipinski definition) is 0. The molecule has 2 saturated heterocycles. The maximum atomic E-state index is 11.9. The molecule has 3 nitrogen and oxygen atoms in total. The van der Waals surface area contributed by atoms with Crippen molar-refractivity contribution in [2.24, 2.45) is 0 Å². The Morgan fingerprint density at radius 3 is 2.60 bits per heavy atom. The number of hydrogen-bond acceptors (Lipinski definition) is 2. The third kappa shape index (κ3) is 2.21. The van der Waals surface area contributed by atoms with E-state index in [9.17, 15) is 4.79 Å². The third-order valence-corrected chi connectivity index (χ3v) is 4.65. The smallest absolute Gasteiger partial charge is 0.236 e. The highest BCUT2D eigenvalue weighted by Gasteiger charge is 2.36. The summed E-state index contributed by atoms with van der Waals surface area (Å²) in [5.74, 6) is 0.303.